The Kier molecular flexibility index (Phi) is 5.28. The molecule has 14 heavy (non-hydrogen) atoms. The van der Waals surface area contributed by atoms with Crippen LogP contribution in [0.5, 0.6) is 0 Å². The van der Waals surface area contributed by atoms with Crippen LogP contribution in [0, 0.1) is 0 Å². The van der Waals surface area contributed by atoms with Gasteiger partial charge < -0.3 is 15.5 Å². The summed E-state index contributed by atoms with van der Waals surface area (Å²) >= 11 is 0. The van der Waals surface area contributed by atoms with Gasteiger partial charge in [-0.3, -0.25) is 4.79 Å². The highest BCUT2D eigenvalue weighted by atomic mass is 16.4. The van der Waals surface area contributed by atoms with E-state index in [9.17, 15) is 14.4 Å². The Morgan fingerprint density at radius 1 is 1.21 bits per heavy atom. The van der Waals surface area contributed by atoms with E-state index >= 15 is 0 Å². The molecule has 0 aliphatic heterocycles. The lowest BCUT2D eigenvalue weighted by molar-refractivity contribution is -0.153. The van der Waals surface area contributed by atoms with Crippen LogP contribution in [0.25, 0.3) is 0 Å². The third-order valence-corrected chi connectivity index (χ3v) is 1.56. The number of nitrogens with one attached hydrogen (secondary N) is 1. The summed E-state index contributed by atoms with van der Waals surface area (Å²) in [5.74, 6) is -3.69. The Morgan fingerprint density at radius 3 is 2.07 bits per heavy atom. The normalized spacial score (nSPS) is 9.86. The molecule has 3 N–H and O–H groups in total. The van der Waals surface area contributed by atoms with E-state index in [1.807, 2.05) is 12.2 Å². The SMILES string of the molecule is CCCCC(=O)NC(C(=O)O)C(=O)O. The molecule has 0 atom stereocenters. The van der Waals surface area contributed by atoms with E-state index < -0.39 is 23.9 Å². The van der Waals surface area contributed by atoms with Gasteiger partial charge in [-0.05, 0) is 6.42 Å². The Morgan fingerprint density at radius 2 is 1.71 bits per heavy atom. The molecule has 0 aliphatic rings. The van der Waals surface area contributed by atoms with Crippen molar-refractivity contribution in [1.82, 2.24) is 5.32 Å². The summed E-state index contributed by atoms with van der Waals surface area (Å²) < 4.78 is 0. The largest absolute Gasteiger partial charge is 0.479 e. The van der Waals surface area contributed by atoms with Crippen molar-refractivity contribution < 1.29 is 24.6 Å². The van der Waals surface area contributed by atoms with E-state index in [1.54, 1.807) is 0 Å². The second-order valence-electron chi connectivity index (χ2n) is 2.78. The standard InChI is InChI=1S/C8H13NO5/c1-2-3-4-5(10)9-6(7(11)12)8(13)14/h6H,2-4H2,1H3,(H,9,10)(H,11,12)(H,13,14). The van der Waals surface area contributed by atoms with Crippen molar-refractivity contribution >= 4 is 17.8 Å². The molecule has 0 saturated carbocycles. The maximum absolute atomic E-state index is 11.0. The highest BCUT2D eigenvalue weighted by molar-refractivity contribution is 6.00. The number of hydrogen-bond donors (Lipinski definition) is 3. The fraction of sp³-hybridized carbons (Fsp3) is 0.625. The molecule has 0 bridgehead atoms. The van der Waals surface area contributed by atoms with Crippen molar-refractivity contribution in [2.75, 3.05) is 0 Å². The summed E-state index contributed by atoms with van der Waals surface area (Å²) in [6, 6.07) is -1.85. The quantitative estimate of drug-likeness (QED) is 0.520. The maximum atomic E-state index is 11.0. The number of unbranched alkanes of at least 4 members (excludes halogenated alkanes) is 1. The van der Waals surface area contributed by atoms with Crippen LogP contribution in [-0.4, -0.2) is 34.1 Å². The highest BCUT2D eigenvalue weighted by Gasteiger charge is 2.26. The topological polar surface area (TPSA) is 104 Å². The minimum atomic E-state index is -1.85. The summed E-state index contributed by atoms with van der Waals surface area (Å²) in [6.45, 7) is 1.87. The second-order valence-corrected chi connectivity index (χ2v) is 2.78. The third-order valence-electron chi connectivity index (χ3n) is 1.56. The molecule has 0 rings (SSSR count). The van der Waals surface area contributed by atoms with E-state index in [0.29, 0.717) is 6.42 Å². The van der Waals surface area contributed by atoms with Crippen molar-refractivity contribution in [2.24, 2.45) is 0 Å². The molecule has 0 spiro atoms. The fourth-order valence-corrected chi connectivity index (χ4v) is 0.800. The van der Waals surface area contributed by atoms with Crippen molar-refractivity contribution in [3.8, 4) is 0 Å². The van der Waals surface area contributed by atoms with Crippen molar-refractivity contribution in [1.29, 1.82) is 0 Å². The Bertz CT molecular complexity index is 224. The van der Waals surface area contributed by atoms with Crippen LogP contribution in [0.1, 0.15) is 26.2 Å². The predicted molar refractivity (Wildman–Crippen MR) is 46.7 cm³/mol. The van der Waals surface area contributed by atoms with Gasteiger partial charge in [-0.15, -0.1) is 0 Å². The van der Waals surface area contributed by atoms with Gasteiger partial charge in [-0.25, -0.2) is 9.59 Å². The van der Waals surface area contributed by atoms with Gasteiger partial charge in [0.25, 0.3) is 0 Å². The van der Waals surface area contributed by atoms with Gasteiger partial charge in [0.15, 0.2) is 0 Å². The molecule has 0 fully saturated rings. The van der Waals surface area contributed by atoms with Crippen LogP contribution in [0.2, 0.25) is 0 Å². The van der Waals surface area contributed by atoms with Gasteiger partial charge in [0.1, 0.15) is 0 Å². The molecular formula is C8H13NO5. The van der Waals surface area contributed by atoms with Crippen LogP contribution >= 0.6 is 0 Å². The van der Waals surface area contributed by atoms with E-state index in [4.69, 9.17) is 10.2 Å². The average molecular weight is 203 g/mol. The molecule has 0 aliphatic carbocycles. The summed E-state index contributed by atoms with van der Waals surface area (Å²) in [7, 11) is 0. The molecule has 1 amide bonds. The van der Waals surface area contributed by atoms with Crippen LogP contribution < -0.4 is 5.32 Å². The first-order chi connectivity index (χ1) is 6.49. The van der Waals surface area contributed by atoms with Crippen molar-refractivity contribution in [2.45, 2.75) is 32.2 Å². The van der Waals surface area contributed by atoms with Gasteiger partial charge in [-0.2, -0.15) is 0 Å². The highest BCUT2D eigenvalue weighted by Crippen LogP contribution is 1.95. The fourth-order valence-electron chi connectivity index (χ4n) is 0.800. The molecule has 0 aromatic carbocycles. The maximum Gasteiger partial charge on any atom is 0.338 e. The second kappa shape index (κ2) is 5.95. The van der Waals surface area contributed by atoms with Crippen LogP contribution in [0.4, 0.5) is 0 Å². The lowest BCUT2D eigenvalue weighted by Crippen LogP contribution is -2.46. The first-order valence-electron chi connectivity index (χ1n) is 4.24. The number of rotatable bonds is 6. The monoisotopic (exact) mass is 203 g/mol. The van der Waals surface area contributed by atoms with Crippen LogP contribution in [0.15, 0.2) is 0 Å². The zero-order valence-electron chi connectivity index (χ0n) is 7.82. The first kappa shape index (κ1) is 12.4. The lowest BCUT2D eigenvalue weighted by atomic mass is 10.2. The summed E-state index contributed by atoms with van der Waals surface area (Å²) in [5.41, 5.74) is 0. The summed E-state index contributed by atoms with van der Waals surface area (Å²) in [4.78, 5) is 31.7. The molecule has 0 aromatic rings. The van der Waals surface area contributed by atoms with Gasteiger partial charge in [0.2, 0.25) is 11.9 Å². The van der Waals surface area contributed by atoms with Crippen molar-refractivity contribution in [3.05, 3.63) is 0 Å². The number of amides is 1. The predicted octanol–water partition coefficient (Wildman–Crippen LogP) is -0.169. The van der Waals surface area contributed by atoms with E-state index in [2.05, 4.69) is 0 Å². The van der Waals surface area contributed by atoms with Gasteiger partial charge in [0, 0.05) is 6.42 Å². The third kappa shape index (κ3) is 4.44. The molecule has 80 valence electrons. The van der Waals surface area contributed by atoms with E-state index in [-0.39, 0.29) is 6.42 Å². The van der Waals surface area contributed by atoms with Crippen LogP contribution in [0.3, 0.4) is 0 Å². The minimum Gasteiger partial charge on any atom is -0.479 e. The first-order valence-corrected chi connectivity index (χ1v) is 4.24. The summed E-state index contributed by atoms with van der Waals surface area (Å²) in [5, 5.41) is 18.8. The molecule has 6 nitrogen and oxygen atoms in total. The Hall–Kier alpha value is -1.59. The molecule has 6 heteroatoms. The van der Waals surface area contributed by atoms with E-state index in [0.717, 1.165) is 6.42 Å². The number of carbonyl (C=O) groups excluding carboxylic acids is 1. The zero-order valence-corrected chi connectivity index (χ0v) is 7.82. The van der Waals surface area contributed by atoms with Gasteiger partial charge in [0.05, 0.1) is 0 Å². The van der Waals surface area contributed by atoms with Gasteiger partial charge in [-0.1, -0.05) is 13.3 Å². The van der Waals surface area contributed by atoms with Gasteiger partial charge >= 0.3 is 11.9 Å². The number of aliphatic carboxylic acids is 2. The van der Waals surface area contributed by atoms with Crippen LogP contribution in [-0.2, 0) is 14.4 Å². The Labute approximate surface area is 80.9 Å². The minimum absolute atomic E-state index is 0.146. The Balaban J connectivity index is 4.10. The van der Waals surface area contributed by atoms with E-state index in [1.165, 1.54) is 0 Å². The molecule has 0 unspecified atom stereocenters. The summed E-state index contributed by atoms with van der Waals surface area (Å²) in [6.07, 6.45) is 1.55. The molecule has 0 saturated heterocycles. The van der Waals surface area contributed by atoms with Crippen molar-refractivity contribution in [3.63, 3.8) is 0 Å². The molecule has 0 heterocycles. The lowest BCUT2D eigenvalue weighted by Gasteiger charge is -2.09. The number of hydrogen-bond acceptors (Lipinski definition) is 3. The molecular weight excluding hydrogens is 190 g/mol. The average Bonchev–Trinajstić information content (AvgIpc) is 2.09. The molecule has 0 radical (unpaired) electrons. The smallest absolute Gasteiger partial charge is 0.338 e. The molecule has 0 aromatic heterocycles. The number of carboxylic acids is 2. The number of carboxylic acid groups (broad SMARTS) is 2. The zero-order chi connectivity index (χ0) is 11.1. The number of carbonyl (C=O) groups is 3.